The molecule has 0 saturated carbocycles. The summed E-state index contributed by atoms with van der Waals surface area (Å²) in [6.45, 7) is 2.91. The van der Waals surface area contributed by atoms with Gasteiger partial charge < -0.3 is 10.2 Å². The van der Waals surface area contributed by atoms with Crippen molar-refractivity contribution in [2.24, 2.45) is 0 Å². The van der Waals surface area contributed by atoms with Gasteiger partial charge in [0.1, 0.15) is 24.2 Å². The topological polar surface area (TPSA) is 86.8 Å². The number of nitrogens with zero attached hydrogens (tertiary/aromatic N) is 2. The van der Waals surface area contributed by atoms with Crippen LogP contribution >= 0.6 is 11.6 Å². The molecular weight excluding hydrogens is 620 g/mol. The smallest absolute Gasteiger partial charge is 0.264 e. The second-order valence-corrected chi connectivity index (χ2v) is 12.9. The van der Waals surface area contributed by atoms with Crippen molar-refractivity contribution in [3.05, 3.63) is 131 Å². The van der Waals surface area contributed by atoms with Crippen LogP contribution < -0.4 is 9.62 Å². The largest absolute Gasteiger partial charge is 0.352 e. The molecule has 2 atom stereocenters. The molecule has 0 aliphatic heterocycles. The lowest BCUT2D eigenvalue weighted by molar-refractivity contribution is -0.140. The summed E-state index contributed by atoms with van der Waals surface area (Å²) in [7, 11) is -4.36. The van der Waals surface area contributed by atoms with Gasteiger partial charge >= 0.3 is 0 Å². The van der Waals surface area contributed by atoms with Gasteiger partial charge in [-0.3, -0.25) is 13.9 Å². The van der Waals surface area contributed by atoms with Crippen molar-refractivity contribution in [1.82, 2.24) is 10.2 Å². The van der Waals surface area contributed by atoms with Gasteiger partial charge in [-0.1, -0.05) is 79.2 Å². The Hall–Kier alpha value is -4.28. The molecule has 0 bridgehead atoms. The van der Waals surface area contributed by atoms with Crippen molar-refractivity contribution in [2.45, 2.75) is 50.2 Å². The van der Waals surface area contributed by atoms with Crippen LogP contribution in [0, 0.1) is 11.6 Å². The maximum absolute atomic E-state index is 14.4. The summed E-state index contributed by atoms with van der Waals surface area (Å²) in [5, 5.41) is 2.62. The Balaban J connectivity index is 1.81. The number of benzene rings is 4. The van der Waals surface area contributed by atoms with Gasteiger partial charge in [-0.05, 0) is 66.9 Å². The summed E-state index contributed by atoms with van der Waals surface area (Å²) < 4.78 is 56.7. The van der Waals surface area contributed by atoms with Crippen molar-refractivity contribution < 1.29 is 26.8 Å². The fourth-order valence-corrected chi connectivity index (χ4v) is 6.27. The SMILES string of the molecule is CCC(C)NC(=O)C(Cc1ccccc1)N(Cc1ccc(F)cc1)C(=O)CN(c1ccc(F)c(Cl)c1)S(=O)(=O)c1ccccc1. The maximum atomic E-state index is 14.4. The molecule has 0 aliphatic carbocycles. The molecule has 0 heterocycles. The highest BCUT2D eigenvalue weighted by molar-refractivity contribution is 7.92. The Morgan fingerprint density at radius 2 is 1.49 bits per heavy atom. The van der Waals surface area contributed by atoms with Crippen molar-refractivity contribution in [2.75, 3.05) is 10.8 Å². The molecule has 0 spiro atoms. The molecule has 0 aromatic heterocycles. The van der Waals surface area contributed by atoms with Gasteiger partial charge in [0, 0.05) is 19.0 Å². The molecule has 4 aromatic carbocycles. The molecule has 2 amide bonds. The maximum Gasteiger partial charge on any atom is 0.264 e. The fourth-order valence-electron chi connectivity index (χ4n) is 4.67. The highest BCUT2D eigenvalue weighted by Gasteiger charge is 2.35. The Bertz CT molecular complexity index is 1710. The van der Waals surface area contributed by atoms with Crippen LogP contribution in [-0.2, 0) is 32.6 Å². The number of carbonyl (C=O) groups excluding carboxylic acids is 2. The zero-order chi connectivity index (χ0) is 32.6. The Labute approximate surface area is 267 Å². The lowest BCUT2D eigenvalue weighted by Gasteiger charge is -2.34. The van der Waals surface area contributed by atoms with E-state index in [0.717, 1.165) is 22.0 Å². The number of sulfonamides is 1. The van der Waals surface area contributed by atoms with Crippen LogP contribution in [0.3, 0.4) is 0 Å². The van der Waals surface area contributed by atoms with Crippen molar-refractivity contribution >= 4 is 39.1 Å². The first kappa shape index (κ1) is 33.6. The summed E-state index contributed by atoms with van der Waals surface area (Å²) in [6.07, 6.45) is 0.772. The first-order chi connectivity index (χ1) is 21.5. The number of nitrogens with one attached hydrogen (secondary N) is 1. The molecule has 7 nitrogen and oxygen atoms in total. The van der Waals surface area contributed by atoms with E-state index in [-0.39, 0.29) is 34.6 Å². The number of carbonyl (C=O) groups is 2. The average Bonchev–Trinajstić information content (AvgIpc) is 3.04. The Morgan fingerprint density at radius 1 is 0.867 bits per heavy atom. The summed E-state index contributed by atoms with van der Waals surface area (Å²) in [5.41, 5.74) is 1.27. The third-order valence-corrected chi connectivity index (χ3v) is 9.42. The molecule has 0 fully saturated rings. The number of anilines is 1. The van der Waals surface area contributed by atoms with Crippen LogP contribution in [0.25, 0.3) is 0 Å². The molecule has 1 N–H and O–H groups in total. The summed E-state index contributed by atoms with van der Waals surface area (Å²) >= 11 is 6.04. The van der Waals surface area contributed by atoms with Crippen molar-refractivity contribution in [3.8, 4) is 0 Å². The fraction of sp³-hybridized carbons (Fsp3) is 0.235. The zero-order valence-corrected chi connectivity index (χ0v) is 26.4. The van der Waals surface area contributed by atoms with Crippen LogP contribution in [0.2, 0.25) is 5.02 Å². The third-order valence-electron chi connectivity index (χ3n) is 7.34. The lowest BCUT2D eigenvalue weighted by atomic mass is 10.0. The van der Waals surface area contributed by atoms with Crippen LogP contribution in [0.1, 0.15) is 31.4 Å². The van der Waals surface area contributed by atoms with E-state index >= 15 is 0 Å². The third kappa shape index (κ3) is 8.67. The standard InChI is InChI=1S/C34H34ClF2N3O4S/c1-3-24(2)38-34(42)32(20-25-10-6-4-7-11-25)39(22-26-14-16-27(36)17-15-26)33(41)23-40(28-18-19-31(37)30(35)21-28)45(43,44)29-12-8-5-9-13-29/h4-19,21,24,32H,3,20,22-23H2,1-2H3,(H,38,42). The van der Waals surface area contributed by atoms with Crippen LogP contribution in [0.5, 0.6) is 0 Å². The molecular formula is C34H34ClF2N3O4S. The number of amides is 2. The van der Waals surface area contributed by atoms with Crippen LogP contribution in [-0.4, -0.2) is 43.8 Å². The second kappa shape index (κ2) is 15.1. The molecule has 236 valence electrons. The van der Waals surface area contributed by atoms with E-state index in [1.165, 1.54) is 47.4 Å². The monoisotopic (exact) mass is 653 g/mol. The van der Waals surface area contributed by atoms with Crippen LogP contribution in [0.15, 0.2) is 108 Å². The molecule has 11 heteroatoms. The number of halogens is 3. The molecule has 0 aliphatic rings. The van der Waals surface area contributed by atoms with Gasteiger partial charge in [0.05, 0.1) is 15.6 Å². The van der Waals surface area contributed by atoms with E-state index in [0.29, 0.717) is 12.0 Å². The molecule has 0 radical (unpaired) electrons. The first-order valence-corrected chi connectivity index (χ1v) is 16.2. The van der Waals surface area contributed by atoms with Gasteiger partial charge in [0.2, 0.25) is 11.8 Å². The van der Waals surface area contributed by atoms with Crippen molar-refractivity contribution in [3.63, 3.8) is 0 Å². The summed E-state index contributed by atoms with van der Waals surface area (Å²) in [4.78, 5) is 29.4. The number of hydrogen-bond donors (Lipinski definition) is 1. The quantitative estimate of drug-likeness (QED) is 0.182. The van der Waals surface area contributed by atoms with Gasteiger partial charge in [0.15, 0.2) is 0 Å². The highest BCUT2D eigenvalue weighted by atomic mass is 35.5. The molecule has 2 unspecified atom stereocenters. The number of rotatable bonds is 13. The predicted molar refractivity (Wildman–Crippen MR) is 171 cm³/mol. The summed E-state index contributed by atoms with van der Waals surface area (Å²) in [6, 6.07) is 24.2. The van der Waals surface area contributed by atoms with E-state index in [9.17, 15) is 26.8 Å². The van der Waals surface area contributed by atoms with Crippen molar-refractivity contribution in [1.29, 1.82) is 0 Å². The molecule has 4 rings (SSSR count). The second-order valence-electron chi connectivity index (χ2n) is 10.6. The van der Waals surface area contributed by atoms with Crippen LogP contribution in [0.4, 0.5) is 14.5 Å². The van der Waals surface area contributed by atoms with Gasteiger partial charge in [-0.25, -0.2) is 17.2 Å². The lowest BCUT2D eigenvalue weighted by Crippen LogP contribution is -2.54. The summed E-state index contributed by atoms with van der Waals surface area (Å²) in [5.74, 6) is -2.36. The Morgan fingerprint density at radius 3 is 2.09 bits per heavy atom. The minimum absolute atomic E-state index is 0.0380. The van der Waals surface area contributed by atoms with Gasteiger partial charge in [-0.15, -0.1) is 0 Å². The minimum Gasteiger partial charge on any atom is -0.352 e. The number of hydrogen-bond acceptors (Lipinski definition) is 4. The van der Waals surface area contributed by atoms with E-state index < -0.39 is 46.1 Å². The molecule has 45 heavy (non-hydrogen) atoms. The van der Waals surface area contributed by atoms with E-state index in [1.807, 2.05) is 44.2 Å². The minimum atomic E-state index is -4.36. The van der Waals surface area contributed by atoms with E-state index in [1.54, 1.807) is 18.2 Å². The normalized spacial score (nSPS) is 12.6. The predicted octanol–water partition coefficient (Wildman–Crippen LogP) is 6.37. The van der Waals surface area contributed by atoms with Gasteiger partial charge in [0.25, 0.3) is 10.0 Å². The molecule has 4 aromatic rings. The Kier molecular flexibility index (Phi) is 11.3. The van der Waals surface area contributed by atoms with E-state index in [2.05, 4.69) is 5.32 Å². The molecule has 0 saturated heterocycles. The van der Waals surface area contributed by atoms with E-state index in [4.69, 9.17) is 11.6 Å². The van der Waals surface area contributed by atoms with Gasteiger partial charge in [-0.2, -0.15) is 0 Å². The average molecular weight is 654 g/mol. The first-order valence-electron chi connectivity index (χ1n) is 14.4. The zero-order valence-electron chi connectivity index (χ0n) is 24.9. The highest BCUT2D eigenvalue weighted by Crippen LogP contribution is 2.28.